The molecule has 0 bridgehead atoms. The maximum absolute atomic E-state index is 12.2. The second kappa shape index (κ2) is 7.79. The predicted molar refractivity (Wildman–Crippen MR) is 96.4 cm³/mol. The van der Waals surface area contributed by atoms with Crippen LogP contribution in [0.25, 0.3) is 0 Å². The number of hydrogen-bond donors (Lipinski definition) is 3. The standard InChI is InChI=1S/C19H25N3O/c1-13(2)18(20)19(23)22-17-10-5-4-9-16(17)21-12-15-8-6-7-14(3)11-15/h4-11,13,18,21H,12,20H2,1-3H3,(H,22,23)/t18-/m0/s1. The van der Waals surface area contributed by atoms with E-state index >= 15 is 0 Å². The summed E-state index contributed by atoms with van der Waals surface area (Å²) in [6.45, 7) is 6.65. The fraction of sp³-hybridized carbons (Fsp3) is 0.316. The normalized spacial score (nSPS) is 12.0. The van der Waals surface area contributed by atoms with E-state index in [1.54, 1.807) is 0 Å². The van der Waals surface area contributed by atoms with Crippen molar-refractivity contribution < 1.29 is 4.79 Å². The molecule has 0 saturated carbocycles. The molecule has 0 aliphatic carbocycles. The number of para-hydroxylation sites is 2. The lowest BCUT2D eigenvalue weighted by molar-refractivity contribution is -0.118. The number of aryl methyl sites for hydroxylation is 1. The van der Waals surface area contributed by atoms with Crippen LogP contribution in [0.2, 0.25) is 0 Å². The molecule has 0 radical (unpaired) electrons. The molecule has 1 amide bonds. The van der Waals surface area contributed by atoms with Gasteiger partial charge in [0.15, 0.2) is 0 Å². The van der Waals surface area contributed by atoms with Gasteiger partial charge in [0.25, 0.3) is 0 Å². The van der Waals surface area contributed by atoms with E-state index in [-0.39, 0.29) is 11.8 Å². The highest BCUT2D eigenvalue weighted by molar-refractivity contribution is 5.97. The van der Waals surface area contributed by atoms with Gasteiger partial charge in [-0.25, -0.2) is 0 Å². The third-order valence-corrected chi connectivity index (χ3v) is 3.77. The van der Waals surface area contributed by atoms with Crippen molar-refractivity contribution in [2.75, 3.05) is 10.6 Å². The van der Waals surface area contributed by atoms with Crippen molar-refractivity contribution in [1.29, 1.82) is 0 Å². The van der Waals surface area contributed by atoms with Gasteiger partial charge in [-0.2, -0.15) is 0 Å². The van der Waals surface area contributed by atoms with Crippen LogP contribution in [0.1, 0.15) is 25.0 Å². The molecule has 0 spiro atoms. The fourth-order valence-electron chi connectivity index (χ4n) is 2.28. The average Bonchev–Trinajstić information content (AvgIpc) is 2.53. The van der Waals surface area contributed by atoms with E-state index in [1.165, 1.54) is 11.1 Å². The molecule has 0 fully saturated rings. The number of anilines is 2. The van der Waals surface area contributed by atoms with E-state index in [4.69, 9.17) is 5.73 Å². The maximum Gasteiger partial charge on any atom is 0.241 e. The van der Waals surface area contributed by atoms with E-state index in [0.717, 1.165) is 11.4 Å². The van der Waals surface area contributed by atoms with E-state index in [2.05, 4.69) is 35.8 Å². The highest BCUT2D eigenvalue weighted by Gasteiger charge is 2.18. The van der Waals surface area contributed by atoms with Crippen LogP contribution in [-0.2, 0) is 11.3 Å². The van der Waals surface area contributed by atoms with Gasteiger partial charge in [0.05, 0.1) is 17.4 Å². The molecule has 2 aromatic carbocycles. The minimum absolute atomic E-state index is 0.0995. The Morgan fingerprint density at radius 1 is 1.09 bits per heavy atom. The third-order valence-electron chi connectivity index (χ3n) is 3.77. The SMILES string of the molecule is Cc1cccc(CNc2ccccc2NC(=O)[C@@H](N)C(C)C)c1. The van der Waals surface area contributed by atoms with Crippen LogP contribution in [-0.4, -0.2) is 11.9 Å². The Balaban J connectivity index is 2.07. The first-order chi connectivity index (χ1) is 11.0. The summed E-state index contributed by atoms with van der Waals surface area (Å²) in [5.41, 5.74) is 9.98. The summed E-state index contributed by atoms with van der Waals surface area (Å²) < 4.78 is 0. The minimum Gasteiger partial charge on any atom is -0.379 e. The molecule has 2 rings (SSSR count). The third kappa shape index (κ3) is 4.83. The van der Waals surface area contributed by atoms with Gasteiger partial charge >= 0.3 is 0 Å². The van der Waals surface area contributed by atoms with Gasteiger partial charge < -0.3 is 16.4 Å². The van der Waals surface area contributed by atoms with Gasteiger partial charge in [0.1, 0.15) is 0 Å². The highest BCUT2D eigenvalue weighted by Crippen LogP contribution is 2.22. The Bertz CT molecular complexity index is 667. The molecule has 0 aromatic heterocycles. The van der Waals surface area contributed by atoms with Crippen LogP contribution in [0.15, 0.2) is 48.5 Å². The van der Waals surface area contributed by atoms with Gasteiger partial charge in [0, 0.05) is 6.54 Å². The van der Waals surface area contributed by atoms with Crippen LogP contribution < -0.4 is 16.4 Å². The zero-order valence-electron chi connectivity index (χ0n) is 14.0. The lowest BCUT2D eigenvalue weighted by Gasteiger charge is -2.18. The van der Waals surface area contributed by atoms with Crippen molar-refractivity contribution in [2.45, 2.75) is 33.4 Å². The first-order valence-corrected chi connectivity index (χ1v) is 7.92. The first-order valence-electron chi connectivity index (χ1n) is 7.92. The zero-order valence-corrected chi connectivity index (χ0v) is 14.0. The van der Waals surface area contributed by atoms with E-state index in [9.17, 15) is 4.79 Å². The van der Waals surface area contributed by atoms with Gasteiger partial charge in [-0.15, -0.1) is 0 Å². The molecular weight excluding hydrogens is 286 g/mol. The summed E-state index contributed by atoms with van der Waals surface area (Å²) in [5.74, 6) is -0.0628. The topological polar surface area (TPSA) is 67.1 Å². The molecule has 23 heavy (non-hydrogen) atoms. The minimum atomic E-state index is -0.514. The molecule has 0 aliphatic rings. The van der Waals surface area contributed by atoms with Crippen molar-refractivity contribution in [3.63, 3.8) is 0 Å². The Hall–Kier alpha value is -2.33. The number of rotatable bonds is 6. The number of carbonyl (C=O) groups excluding carboxylic acids is 1. The molecule has 122 valence electrons. The van der Waals surface area contributed by atoms with E-state index < -0.39 is 6.04 Å². The molecule has 4 heteroatoms. The monoisotopic (exact) mass is 311 g/mol. The van der Waals surface area contributed by atoms with Gasteiger partial charge in [-0.05, 0) is 30.5 Å². The number of carbonyl (C=O) groups is 1. The number of hydrogen-bond acceptors (Lipinski definition) is 3. The molecule has 0 unspecified atom stereocenters. The largest absolute Gasteiger partial charge is 0.379 e. The summed E-state index contributed by atoms with van der Waals surface area (Å²) in [5, 5.41) is 6.29. The Morgan fingerprint density at radius 3 is 2.43 bits per heavy atom. The van der Waals surface area contributed by atoms with Crippen molar-refractivity contribution in [2.24, 2.45) is 11.7 Å². The zero-order chi connectivity index (χ0) is 16.8. The summed E-state index contributed by atoms with van der Waals surface area (Å²) in [4.78, 5) is 12.2. The van der Waals surface area contributed by atoms with Gasteiger partial charge in [-0.3, -0.25) is 4.79 Å². The Morgan fingerprint density at radius 2 is 1.78 bits per heavy atom. The average molecular weight is 311 g/mol. The highest BCUT2D eigenvalue weighted by atomic mass is 16.2. The smallest absolute Gasteiger partial charge is 0.241 e. The number of benzene rings is 2. The molecule has 0 aliphatic heterocycles. The van der Waals surface area contributed by atoms with Crippen molar-refractivity contribution >= 4 is 17.3 Å². The van der Waals surface area contributed by atoms with Crippen LogP contribution in [0.4, 0.5) is 11.4 Å². The molecule has 4 nitrogen and oxygen atoms in total. The van der Waals surface area contributed by atoms with E-state index in [1.807, 2.05) is 44.2 Å². The fourth-order valence-corrected chi connectivity index (χ4v) is 2.28. The number of nitrogens with two attached hydrogens (primary N) is 1. The van der Waals surface area contributed by atoms with Crippen LogP contribution in [0.5, 0.6) is 0 Å². The molecule has 2 aromatic rings. The molecule has 0 saturated heterocycles. The lowest BCUT2D eigenvalue weighted by Crippen LogP contribution is -2.39. The van der Waals surface area contributed by atoms with Crippen LogP contribution >= 0.6 is 0 Å². The first kappa shape index (κ1) is 17.0. The molecule has 1 atom stereocenters. The lowest BCUT2D eigenvalue weighted by atomic mass is 10.0. The molecule has 0 heterocycles. The quantitative estimate of drug-likeness (QED) is 0.764. The molecule has 4 N–H and O–H groups in total. The maximum atomic E-state index is 12.2. The van der Waals surface area contributed by atoms with Crippen molar-refractivity contribution in [3.8, 4) is 0 Å². The Labute approximate surface area is 138 Å². The van der Waals surface area contributed by atoms with Crippen molar-refractivity contribution in [1.82, 2.24) is 0 Å². The summed E-state index contributed by atoms with van der Waals surface area (Å²) in [6.07, 6.45) is 0. The van der Waals surface area contributed by atoms with Gasteiger partial charge in [-0.1, -0.05) is 55.8 Å². The second-order valence-corrected chi connectivity index (χ2v) is 6.15. The second-order valence-electron chi connectivity index (χ2n) is 6.15. The summed E-state index contributed by atoms with van der Waals surface area (Å²) >= 11 is 0. The van der Waals surface area contributed by atoms with Crippen molar-refractivity contribution in [3.05, 3.63) is 59.7 Å². The molecular formula is C19H25N3O. The Kier molecular flexibility index (Phi) is 5.77. The summed E-state index contributed by atoms with van der Waals surface area (Å²) in [6, 6.07) is 15.5. The van der Waals surface area contributed by atoms with E-state index in [0.29, 0.717) is 6.54 Å². The predicted octanol–water partition coefficient (Wildman–Crippen LogP) is 3.53. The van der Waals surface area contributed by atoms with Crippen LogP contribution in [0.3, 0.4) is 0 Å². The number of nitrogens with one attached hydrogen (secondary N) is 2. The van der Waals surface area contributed by atoms with Crippen LogP contribution in [0, 0.1) is 12.8 Å². The summed E-state index contributed by atoms with van der Waals surface area (Å²) in [7, 11) is 0. The number of amides is 1. The van der Waals surface area contributed by atoms with Gasteiger partial charge in [0.2, 0.25) is 5.91 Å².